The topological polar surface area (TPSA) is 37.2 Å². The highest BCUT2D eigenvalue weighted by atomic mass is 32.1. The Balaban J connectivity index is 0.0000000979. The zero-order chi connectivity index (χ0) is 83.2. The Labute approximate surface area is 718 Å². The summed E-state index contributed by atoms with van der Waals surface area (Å²) in [6.45, 7) is 34.2. The molecule has 0 unspecified atom stereocenters. The lowest BCUT2D eigenvalue weighted by Crippen LogP contribution is -2.14. The molecule has 0 atom stereocenters. The van der Waals surface area contributed by atoms with Crippen LogP contribution in [0, 0.1) is 26.3 Å². The Kier molecular flexibility index (Phi) is 17.3. The lowest BCUT2D eigenvalue weighted by atomic mass is 9.81. The van der Waals surface area contributed by atoms with E-state index in [1.807, 2.05) is 77.3 Å². The highest BCUT2D eigenvalue weighted by molar-refractivity contribution is 7.26. The Morgan fingerprint density at radius 2 is 0.504 bits per heavy atom. The van der Waals surface area contributed by atoms with E-state index < -0.39 is 0 Å². The van der Waals surface area contributed by atoms with Crippen LogP contribution in [0.15, 0.2) is 340 Å². The molecule has 0 amide bonds. The molecule has 0 saturated carbocycles. The van der Waals surface area contributed by atoms with Gasteiger partial charge in [-0.05, 0) is 254 Å². The van der Waals surface area contributed by atoms with Crippen LogP contribution in [0.5, 0.6) is 0 Å². The first kappa shape index (κ1) is 73.7. The molecule has 10 heteroatoms. The smallest absolute Gasteiger partial charge is 0.188 e. The maximum Gasteiger partial charge on any atom is 0.188 e. The molecular formula is C113H74N8S2. The van der Waals surface area contributed by atoms with Crippen molar-refractivity contribution in [2.24, 2.45) is 28.2 Å². The van der Waals surface area contributed by atoms with Gasteiger partial charge in [0.25, 0.3) is 0 Å². The third-order valence-corrected chi connectivity index (χ3v) is 28.3. The molecular weight excluding hydrogens is 1530 g/mol. The lowest BCUT2D eigenvalue weighted by Gasteiger charge is -2.22. The Morgan fingerprint density at radius 1 is 0.211 bits per heavy atom. The zero-order valence-corrected chi connectivity index (χ0v) is 69.9. The summed E-state index contributed by atoms with van der Waals surface area (Å²) in [5, 5.41) is 22.3. The van der Waals surface area contributed by atoms with Crippen LogP contribution in [0.4, 0.5) is 22.7 Å². The third kappa shape index (κ3) is 11.9. The van der Waals surface area contributed by atoms with E-state index in [-0.39, 0.29) is 5.41 Å². The van der Waals surface area contributed by atoms with Crippen LogP contribution in [0.1, 0.15) is 25.0 Å². The predicted molar refractivity (Wildman–Crippen MR) is 524 cm³/mol. The van der Waals surface area contributed by atoms with Gasteiger partial charge in [-0.3, -0.25) is 0 Å². The van der Waals surface area contributed by atoms with E-state index in [2.05, 4.69) is 365 Å². The van der Waals surface area contributed by atoms with Crippen LogP contribution in [0.25, 0.3) is 235 Å². The molecule has 0 radical (unpaired) electrons. The van der Waals surface area contributed by atoms with Crippen LogP contribution in [0.2, 0.25) is 0 Å². The fraction of sp³-hybridized carbons (Fsp3) is 0.0619. The maximum atomic E-state index is 7.43. The second kappa shape index (κ2) is 28.8. The van der Waals surface area contributed by atoms with E-state index in [0.717, 1.165) is 43.6 Å². The summed E-state index contributed by atoms with van der Waals surface area (Å²) in [4.78, 5) is 14.5. The van der Waals surface area contributed by atoms with Crippen molar-refractivity contribution < 1.29 is 0 Å². The maximum absolute atomic E-state index is 7.43. The molecule has 6 aromatic heterocycles. The van der Waals surface area contributed by atoms with Gasteiger partial charge in [-0.25, -0.2) is 19.4 Å². The average Bonchev–Trinajstić information content (AvgIpc) is 1.65. The minimum atomic E-state index is -0.00395. The van der Waals surface area contributed by atoms with Gasteiger partial charge in [0.05, 0.1) is 26.3 Å². The van der Waals surface area contributed by atoms with Crippen molar-refractivity contribution in [2.75, 3.05) is 0 Å². The minimum absolute atomic E-state index is 0.00395. The average molecular weight is 1610 g/mol. The molecule has 1 aliphatic rings. The normalized spacial score (nSPS) is 12.2. The molecule has 8 nitrogen and oxygen atoms in total. The van der Waals surface area contributed by atoms with Crippen molar-refractivity contribution in [1.29, 1.82) is 0 Å². The second-order valence-corrected chi connectivity index (χ2v) is 34.9. The zero-order valence-electron chi connectivity index (χ0n) is 68.2. The van der Waals surface area contributed by atoms with Crippen LogP contribution in [0.3, 0.4) is 0 Å². The molecule has 25 rings (SSSR count). The fourth-order valence-electron chi connectivity index (χ4n) is 19.7. The first-order valence-corrected chi connectivity index (χ1v) is 42.8. The number of hydrogen-bond acceptors (Lipinski definition) is 2. The second-order valence-electron chi connectivity index (χ2n) is 32.8. The first-order valence-electron chi connectivity index (χ1n) is 41.2. The Morgan fingerprint density at radius 3 is 0.967 bits per heavy atom. The molecule has 0 N–H and O–H groups in total. The van der Waals surface area contributed by atoms with Gasteiger partial charge in [-0.15, -0.1) is 22.7 Å². The SMILES string of the molecule is [C-]#[N+]c1ccc2c(c1)c1cc(-c3ccc4c(c3)C(C)(C)c3ccccc3-4)ccc1n2C.[C-]#[N+]c1ccc2c(c1)c1cc(-c3ccc4c5ccccc5c5ccccc5c4c3)ccc1n2C.[C-]#[N+]c1ccc2c(c1)c1cc(-c3ccc4sc5ccccc5c4c3)ccc1n2C.[C-]#[N+]c1ccc2c(c1)c1cc(-c3cccc4c3sc3ccccc34)ccc1n2C. The van der Waals surface area contributed by atoms with Gasteiger partial charge in [-0.1, -0.05) is 220 Å². The molecule has 0 bridgehead atoms. The van der Waals surface area contributed by atoms with Gasteiger partial charge in [-0.2, -0.15) is 0 Å². The summed E-state index contributed by atoms with van der Waals surface area (Å²) < 4.78 is 14.1. The molecule has 578 valence electrons. The number of fused-ring (bicyclic) bond motifs is 27. The fourth-order valence-corrected chi connectivity index (χ4v) is 22.0. The summed E-state index contributed by atoms with van der Waals surface area (Å²) in [5.74, 6) is 0. The summed E-state index contributed by atoms with van der Waals surface area (Å²) in [6, 6.07) is 121. The molecule has 0 spiro atoms. The van der Waals surface area contributed by atoms with Crippen LogP contribution < -0.4 is 0 Å². The largest absolute Gasteiger partial charge is 0.344 e. The van der Waals surface area contributed by atoms with Gasteiger partial charge in [0, 0.05) is 140 Å². The molecule has 0 fully saturated rings. The van der Waals surface area contributed by atoms with Gasteiger partial charge < -0.3 is 18.3 Å². The van der Waals surface area contributed by atoms with Gasteiger partial charge in [0.1, 0.15) is 0 Å². The molecule has 6 heterocycles. The van der Waals surface area contributed by atoms with E-state index in [1.165, 1.54) is 183 Å². The van der Waals surface area contributed by atoms with Crippen molar-refractivity contribution in [2.45, 2.75) is 19.3 Å². The van der Waals surface area contributed by atoms with Crippen molar-refractivity contribution in [1.82, 2.24) is 18.3 Å². The predicted octanol–water partition coefficient (Wildman–Crippen LogP) is 32.7. The molecule has 1 aliphatic carbocycles. The summed E-state index contributed by atoms with van der Waals surface area (Å²) >= 11 is 3.70. The summed E-state index contributed by atoms with van der Waals surface area (Å²) in [5.41, 5.74) is 27.3. The number of aromatic nitrogens is 4. The highest BCUT2D eigenvalue weighted by Crippen LogP contribution is 2.51. The molecule has 0 saturated heterocycles. The van der Waals surface area contributed by atoms with E-state index >= 15 is 0 Å². The van der Waals surface area contributed by atoms with Crippen molar-refractivity contribution in [3.8, 4) is 55.6 Å². The van der Waals surface area contributed by atoms with E-state index in [1.54, 1.807) is 0 Å². The first-order chi connectivity index (χ1) is 60.2. The van der Waals surface area contributed by atoms with E-state index in [4.69, 9.17) is 26.3 Å². The van der Waals surface area contributed by atoms with Crippen molar-refractivity contribution in [3.05, 3.63) is 397 Å². The highest BCUT2D eigenvalue weighted by Gasteiger charge is 2.35. The lowest BCUT2D eigenvalue weighted by molar-refractivity contribution is 0.660. The molecule has 0 aliphatic heterocycles. The van der Waals surface area contributed by atoms with Gasteiger partial charge in [0.15, 0.2) is 22.7 Å². The number of rotatable bonds is 4. The van der Waals surface area contributed by atoms with Gasteiger partial charge >= 0.3 is 0 Å². The Bertz CT molecular complexity index is 8820. The molecule has 18 aromatic carbocycles. The van der Waals surface area contributed by atoms with E-state index in [0.29, 0.717) is 22.7 Å². The van der Waals surface area contributed by atoms with Crippen LogP contribution in [-0.2, 0) is 33.6 Å². The van der Waals surface area contributed by atoms with Crippen LogP contribution in [-0.4, -0.2) is 18.3 Å². The van der Waals surface area contributed by atoms with E-state index in [9.17, 15) is 0 Å². The van der Waals surface area contributed by atoms with Crippen molar-refractivity contribution in [3.63, 3.8) is 0 Å². The number of benzene rings is 18. The molecule has 123 heavy (non-hydrogen) atoms. The Hall–Kier alpha value is -15.7. The number of nitrogens with zero attached hydrogens (tertiary/aromatic N) is 8. The van der Waals surface area contributed by atoms with Crippen LogP contribution >= 0.6 is 22.7 Å². The summed E-state index contributed by atoms with van der Waals surface area (Å²) in [7, 11) is 8.37. The summed E-state index contributed by atoms with van der Waals surface area (Å²) in [6.07, 6.45) is 0. The van der Waals surface area contributed by atoms with Gasteiger partial charge in [0.2, 0.25) is 0 Å². The monoisotopic (exact) mass is 1610 g/mol. The molecule has 24 aromatic rings. The third-order valence-electron chi connectivity index (χ3n) is 25.9. The quantitative estimate of drug-likeness (QED) is 0.124. The standard InChI is InChI=1S/C32H20N2.C29H22N2.2C26H16N2S/c1-33-22-13-16-32-30(19-22)29-18-21(12-15-31(29)34(32)2)20-11-14-27-25-9-4-3-7-23(25)24-8-5-6-10-26(24)28(27)17-20;1-29(2)25-8-6-5-7-21(25)22-12-9-19(16-26(22)29)18-10-13-27-23(15-18)24-17-20(30-3)11-14-28(24)31(27)4;1-27-17-11-13-24-22(15-17)21-14-16(10-12-23(21)28(24)2)18-7-5-8-20-19-6-3-4-9-25(19)29-26(18)20;1-27-18-9-11-24-21(15-18)20-13-16(7-10-23(20)28(24)2)17-8-12-26-22(14-17)19-5-3-4-6-25(19)29-26/h3-19H,2H3;5-17H,1-2,4H3;2*3-15H,2H3. The number of thiophene rings is 2. The minimum Gasteiger partial charge on any atom is -0.344 e. The van der Waals surface area contributed by atoms with Crippen molar-refractivity contribution >= 4 is 205 Å². The number of aryl methyl sites for hydroxylation is 4. The number of hydrogen-bond donors (Lipinski definition) is 0.